The molecule has 0 saturated carbocycles. The van der Waals surface area contributed by atoms with Gasteiger partial charge in [-0.25, -0.2) is 0 Å². The van der Waals surface area contributed by atoms with Crippen molar-refractivity contribution in [2.75, 3.05) is 6.54 Å². The first-order valence-electron chi connectivity index (χ1n) is 7.42. The molecule has 0 bridgehead atoms. The molecule has 2 aliphatic rings. The Morgan fingerprint density at radius 1 is 1.32 bits per heavy atom. The van der Waals surface area contributed by atoms with Crippen LogP contribution in [0.3, 0.4) is 0 Å². The topological polar surface area (TPSA) is 151 Å². The fraction of sp³-hybridized carbons (Fsp3) is 0.267. The number of nitro groups is 2. The number of nitro benzene ring substituents is 1. The minimum atomic E-state index is -1.22. The van der Waals surface area contributed by atoms with Gasteiger partial charge in [0, 0.05) is 24.2 Å². The zero-order chi connectivity index (χ0) is 18.3. The van der Waals surface area contributed by atoms with Crippen LogP contribution in [0, 0.1) is 31.6 Å². The van der Waals surface area contributed by atoms with E-state index in [0.717, 1.165) is 0 Å². The number of nitrogens with one attached hydrogen (secondary N) is 1. The molecule has 3 N–H and O–H groups in total. The minimum absolute atomic E-state index is 0.0622. The van der Waals surface area contributed by atoms with E-state index < -0.39 is 15.8 Å². The molecule has 25 heavy (non-hydrogen) atoms. The molecular formula is C15H14N6O4. The standard InChI is InChI=1S/C15H14N6O4/c1-8-7-19-14(17)10(6-16)12(13(21(24)25)15(19)18-8)9-4-2-3-5-11(9)20(22)23/h2-5,8,12,18H,7,17H2,1H3. The molecule has 1 aromatic rings. The molecular weight excluding hydrogens is 328 g/mol. The molecule has 1 fully saturated rings. The minimum Gasteiger partial charge on any atom is -0.384 e. The van der Waals surface area contributed by atoms with Crippen LogP contribution in [0.2, 0.25) is 0 Å². The molecule has 0 spiro atoms. The fourth-order valence-corrected chi connectivity index (χ4v) is 3.23. The first kappa shape index (κ1) is 16.3. The summed E-state index contributed by atoms with van der Waals surface area (Å²) in [5.41, 5.74) is 5.45. The third kappa shape index (κ3) is 2.42. The molecule has 10 heteroatoms. The first-order valence-corrected chi connectivity index (χ1v) is 7.42. The van der Waals surface area contributed by atoms with Gasteiger partial charge in [0.25, 0.3) is 11.4 Å². The van der Waals surface area contributed by atoms with Crippen molar-refractivity contribution >= 4 is 5.69 Å². The van der Waals surface area contributed by atoms with Gasteiger partial charge < -0.3 is 16.0 Å². The van der Waals surface area contributed by atoms with Crippen LogP contribution in [0.1, 0.15) is 18.4 Å². The van der Waals surface area contributed by atoms with Crippen LogP contribution >= 0.6 is 0 Å². The summed E-state index contributed by atoms with van der Waals surface area (Å²) in [6.07, 6.45) is 0. The summed E-state index contributed by atoms with van der Waals surface area (Å²) in [6, 6.07) is 7.44. The number of rotatable bonds is 3. The lowest BCUT2D eigenvalue weighted by Crippen LogP contribution is -2.36. The number of benzene rings is 1. The number of hydrogen-bond acceptors (Lipinski definition) is 8. The Balaban J connectivity index is 2.31. The highest BCUT2D eigenvalue weighted by molar-refractivity contribution is 5.55. The number of nitriles is 1. The summed E-state index contributed by atoms with van der Waals surface area (Å²) < 4.78 is 0. The molecule has 2 aliphatic heterocycles. The van der Waals surface area contributed by atoms with E-state index >= 15 is 0 Å². The van der Waals surface area contributed by atoms with Crippen molar-refractivity contribution < 1.29 is 9.85 Å². The van der Waals surface area contributed by atoms with Gasteiger partial charge in [0.15, 0.2) is 5.82 Å². The number of para-hydroxylation sites is 1. The van der Waals surface area contributed by atoms with Crippen molar-refractivity contribution in [2.45, 2.75) is 18.9 Å². The van der Waals surface area contributed by atoms with E-state index in [9.17, 15) is 25.5 Å². The summed E-state index contributed by atoms with van der Waals surface area (Å²) in [4.78, 5) is 23.4. The third-order valence-electron chi connectivity index (χ3n) is 4.24. The average Bonchev–Trinajstić information content (AvgIpc) is 2.95. The second-order valence-corrected chi connectivity index (χ2v) is 5.81. The Bertz CT molecular complexity index is 884. The lowest BCUT2D eigenvalue weighted by atomic mass is 9.85. The van der Waals surface area contributed by atoms with Gasteiger partial charge in [-0.15, -0.1) is 0 Å². The lowest BCUT2D eigenvalue weighted by Gasteiger charge is -2.28. The van der Waals surface area contributed by atoms with Gasteiger partial charge in [-0.3, -0.25) is 20.2 Å². The molecule has 0 amide bonds. The number of hydrogen-bond donors (Lipinski definition) is 2. The molecule has 1 saturated heterocycles. The van der Waals surface area contributed by atoms with Crippen molar-refractivity contribution in [3.63, 3.8) is 0 Å². The smallest absolute Gasteiger partial charge is 0.299 e. The normalized spacial score (nSPS) is 22.3. The van der Waals surface area contributed by atoms with E-state index in [-0.39, 0.29) is 40.2 Å². The number of nitrogens with zero attached hydrogens (tertiary/aromatic N) is 4. The zero-order valence-electron chi connectivity index (χ0n) is 13.2. The Morgan fingerprint density at radius 3 is 2.60 bits per heavy atom. The molecule has 128 valence electrons. The van der Waals surface area contributed by atoms with Crippen LogP contribution in [-0.4, -0.2) is 27.3 Å². The molecule has 2 atom stereocenters. The van der Waals surface area contributed by atoms with Crippen LogP contribution < -0.4 is 11.1 Å². The molecule has 2 heterocycles. The van der Waals surface area contributed by atoms with Gasteiger partial charge in [0.1, 0.15) is 11.7 Å². The van der Waals surface area contributed by atoms with E-state index in [4.69, 9.17) is 5.73 Å². The second-order valence-electron chi connectivity index (χ2n) is 5.81. The molecule has 0 radical (unpaired) electrons. The third-order valence-corrected chi connectivity index (χ3v) is 4.24. The summed E-state index contributed by atoms with van der Waals surface area (Å²) >= 11 is 0. The largest absolute Gasteiger partial charge is 0.384 e. The predicted molar refractivity (Wildman–Crippen MR) is 86.0 cm³/mol. The molecule has 2 unspecified atom stereocenters. The summed E-state index contributed by atoms with van der Waals surface area (Å²) in [5, 5.41) is 35.7. The summed E-state index contributed by atoms with van der Waals surface area (Å²) in [6.45, 7) is 2.19. The van der Waals surface area contributed by atoms with Crippen LogP contribution in [0.4, 0.5) is 5.69 Å². The van der Waals surface area contributed by atoms with E-state index in [1.807, 2.05) is 13.0 Å². The molecule has 1 aromatic carbocycles. The molecule has 10 nitrogen and oxygen atoms in total. The van der Waals surface area contributed by atoms with Gasteiger partial charge in [-0.05, 0) is 6.92 Å². The van der Waals surface area contributed by atoms with Gasteiger partial charge in [0.05, 0.1) is 21.5 Å². The predicted octanol–water partition coefficient (Wildman–Crippen LogP) is 1.13. The van der Waals surface area contributed by atoms with Gasteiger partial charge in [-0.2, -0.15) is 5.26 Å². The molecule has 3 rings (SSSR count). The van der Waals surface area contributed by atoms with E-state index in [0.29, 0.717) is 6.54 Å². The van der Waals surface area contributed by atoms with Gasteiger partial charge in [-0.1, -0.05) is 18.2 Å². The second kappa shape index (κ2) is 5.79. The molecule has 0 aromatic heterocycles. The maximum absolute atomic E-state index is 11.8. The summed E-state index contributed by atoms with van der Waals surface area (Å²) in [5.74, 6) is -0.967. The van der Waals surface area contributed by atoms with E-state index in [1.165, 1.54) is 29.2 Å². The number of allylic oxidation sites excluding steroid dienone is 1. The summed E-state index contributed by atoms with van der Waals surface area (Å²) in [7, 11) is 0. The Hall–Kier alpha value is -3.61. The van der Waals surface area contributed by atoms with Crippen molar-refractivity contribution in [2.24, 2.45) is 5.73 Å². The van der Waals surface area contributed by atoms with Crippen molar-refractivity contribution in [1.29, 1.82) is 5.26 Å². The highest BCUT2D eigenvalue weighted by Crippen LogP contribution is 2.43. The Labute approximate surface area is 142 Å². The van der Waals surface area contributed by atoms with Crippen LogP contribution in [-0.2, 0) is 0 Å². The Kier molecular flexibility index (Phi) is 3.76. The highest BCUT2D eigenvalue weighted by Gasteiger charge is 2.47. The highest BCUT2D eigenvalue weighted by atomic mass is 16.6. The van der Waals surface area contributed by atoms with Crippen molar-refractivity contribution in [1.82, 2.24) is 10.2 Å². The van der Waals surface area contributed by atoms with Gasteiger partial charge >= 0.3 is 0 Å². The Morgan fingerprint density at radius 2 is 2.00 bits per heavy atom. The van der Waals surface area contributed by atoms with Crippen LogP contribution in [0.15, 0.2) is 47.2 Å². The molecule has 0 aliphatic carbocycles. The average molecular weight is 342 g/mol. The maximum atomic E-state index is 11.8. The number of nitrogens with two attached hydrogens (primary N) is 1. The fourth-order valence-electron chi connectivity index (χ4n) is 3.23. The lowest BCUT2D eigenvalue weighted by molar-refractivity contribution is -0.432. The first-order chi connectivity index (χ1) is 11.9. The van der Waals surface area contributed by atoms with Crippen molar-refractivity contribution in [3.05, 3.63) is 73.0 Å². The van der Waals surface area contributed by atoms with Crippen molar-refractivity contribution in [3.8, 4) is 6.07 Å². The van der Waals surface area contributed by atoms with Crippen LogP contribution in [0.25, 0.3) is 0 Å². The maximum Gasteiger partial charge on any atom is 0.299 e. The SMILES string of the molecule is CC1CN2C(N)=C(C#N)C(c3ccccc3[N+](=O)[O-])C([N+](=O)[O-])=C2N1. The zero-order valence-corrected chi connectivity index (χ0v) is 13.2. The number of fused-ring (bicyclic) bond motifs is 1. The quantitative estimate of drug-likeness (QED) is 0.612. The van der Waals surface area contributed by atoms with Crippen LogP contribution in [0.5, 0.6) is 0 Å². The monoisotopic (exact) mass is 342 g/mol. The van der Waals surface area contributed by atoms with E-state index in [1.54, 1.807) is 0 Å². The van der Waals surface area contributed by atoms with E-state index in [2.05, 4.69) is 5.32 Å². The van der Waals surface area contributed by atoms with Gasteiger partial charge in [0.2, 0.25) is 0 Å².